The molecule has 90 valence electrons. The highest BCUT2D eigenvalue weighted by molar-refractivity contribution is 5.84. The molecule has 2 fully saturated rings. The number of carbonyl (C=O) groups is 2. The highest BCUT2D eigenvalue weighted by Gasteiger charge is 2.47. The zero-order chi connectivity index (χ0) is 11.5. The molecule has 4 nitrogen and oxygen atoms in total. The maximum Gasteiger partial charge on any atom is 0.322 e. The number of carboxylic acid groups (broad SMARTS) is 1. The van der Waals surface area contributed by atoms with Gasteiger partial charge in [0.2, 0.25) is 5.91 Å². The van der Waals surface area contributed by atoms with Gasteiger partial charge in [-0.2, -0.15) is 0 Å². The molecule has 0 aromatic rings. The first-order chi connectivity index (χ1) is 7.68. The second-order valence-corrected chi connectivity index (χ2v) is 5.02. The number of carbonyl (C=O) groups excluding carboxylic acids is 1. The van der Waals surface area contributed by atoms with Crippen molar-refractivity contribution in [2.24, 2.45) is 17.8 Å². The van der Waals surface area contributed by atoms with Crippen LogP contribution in [0.2, 0.25) is 0 Å². The van der Waals surface area contributed by atoms with Crippen LogP contribution in [0.25, 0.3) is 0 Å². The van der Waals surface area contributed by atoms with Gasteiger partial charge >= 0.3 is 5.97 Å². The van der Waals surface area contributed by atoms with Gasteiger partial charge in [0.05, 0.1) is 0 Å². The molecule has 0 aromatic heterocycles. The first-order valence-electron chi connectivity index (χ1n) is 6.18. The molecule has 0 aromatic carbocycles. The van der Waals surface area contributed by atoms with Crippen molar-refractivity contribution in [3.05, 3.63) is 0 Å². The lowest BCUT2D eigenvalue weighted by atomic mass is 9.85. The summed E-state index contributed by atoms with van der Waals surface area (Å²) in [6, 6.07) is 0. The molecule has 0 heterocycles. The predicted octanol–water partition coefficient (Wildman–Crippen LogP) is 1.40. The van der Waals surface area contributed by atoms with E-state index in [2.05, 4.69) is 5.32 Å². The number of rotatable bonds is 4. The monoisotopic (exact) mass is 225 g/mol. The van der Waals surface area contributed by atoms with Crippen LogP contribution in [0.3, 0.4) is 0 Å². The van der Waals surface area contributed by atoms with Gasteiger partial charge in [0, 0.05) is 5.92 Å². The van der Waals surface area contributed by atoms with Crippen LogP contribution < -0.4 is 5.32 Å². The first-order valence-corrected chi connectivity index (χ1v) is 6.18. The number of hydrogen-bond acceptors (Lipinski definition) is 2. The molecule has 0 bridgehead atoms. The van der Waals surface area contributed by atoms with Gasteiger partial charge in [-0.1, -0.05) is 32.1 Å². The Hall–Kier alpha value is -1.06. The molecule has 2 aliphatic carbocycles. The van der Waals surface area contributed by atoms with E-state index < -0.39 is 5.97 Å². The summed E-state index contributed by atoms with van der Waals surface area (Å²) in [7, 11) is 0. The molecule has 2 aliphatic rings. The first kappa shape index (κ1) is 11.4. The van der Waals surface area contributed by atoms with Crippen LogP contribution in [0.1, 0.15) is 38.5 Å². The molecule has 2 N–H and O–H groups in total. The highest BCUT2D eigenvalue weighted by Crippen LogP contribution is 2.49. The van der Waals surface area contributed by atoms with Gasteiger partial charge in [0.15, 0.2) is 0 Å². The second kappa shape index (κ2) is 4.85. The van der Waals surface area contributed by atoms with Gasteiger partial charge < -0.3 is 10.4 Å². The van der Waals surface area contributed by atoms with Crippen molar-refractivity contribution in [1.82, 2.24) is 5.32 Å². The highest BCUT2D eigenvalue weighted by atomic mass is 16.4. The molecule has 4 heteroatoms. The minimum absolute atomic E-state index is 0.0574. The fraction of sp³-hybridized carbons (Fsp3) is 0.833. The fourth-order valence-corrected chi connectivity index (χ4v) is 2.89. The number of carboxylic acids is 1. The van der Waals surface area contributed by atoms with Crippen molar-refractivity contribution < 1.29 is 14.7 Å². The summed E-state index contributed by atoms with van der Waals surface area (Å²) in [4.78, 5) is 21.9. The summed E-state index contributed by atoms with van der Waals surface area (Å²) in [5, 5.41) is 10.9. The topological polar surface area (TPSA) is 66.4 Å². The van der Waals surface area contributed by atoms with E-state index >= 15 is 0 Å². The number of aliphatic carboxylic acids is 1. The van der Waals surface area contributed by atoms with Crippen molar-refractivity contribution in [3.63, 3.8) is 0 Å². The molecule has 2 rings (SSSR count). The van der Waals surface area contributed by atoms with Crippen molar-refractivity contribution in [2.75, 3.05) is 6.54 Å². The SMILES string of the molecule is O=C(O)CNC(=O)C1CC1C1CCCCC1. The molecule has 0 spiro atoms. The fourth-order valence-electron chi connectivity index (χ4n) is 2.89. The largest absolute Gasteiger partial charge is 0.480 e. The van der Waals surface area contributed by atoms with Crippen LogP contribution >= 0.6 is 0 Å². The zero-order valence-corrected chi connectivity index (χ0v) is 9.45. The van der Waals surface area contributed by atoms with E-state index in [0.29, 0.717) is 11.8 Å². The second-order valence-electron chi connectivity index (χ2n) is 5.02. The van der Waals surface area contributed by atoms with E-state index in [9.17, 15) is 9.59 Å². The third kappa shape index (κ3) is 2.74. The molecule has 16 heavy (non-hydrogen) atoms. The molecular weight excluding hydrogens is 206 g/mol. The van der Waals surface area contributed by atoms with Crippen molar-refractivity contribution in [1.29, 1.82) is 0 Å². The molecule has 2 atom stereocenters. The van der Waals surface area contributed by atoms with E-state index in [1.165, 1.54) is 32.1 Å². The third-order valence-electron chi connectivity index (χ3n) is 3.85. The van der Waals surface area contributed by atoms with Crippen LogP contribution in [0.5, 0.6) is 0 Å². The van der Waals surface area contributed by atoms with Crippen molar-refractivity contribution in [3.8, 4) is 0 Å². The number of hydrogen-bond donors (Lipinski definition) is 2. The van der Waals surface area contributed by atoms with E-state index in [0.717, 1.165) is 6.42 Å². The minimum Gasteiger partial charge on any atom is -0.480 e. The maximum absolute atomic E-state index is 11.6. The Morgan fingerprint density at radius 2 is 1.88 bits per heavy atom. The number of nitrogens with one attached hydrogen (secondary N) is 1. The van der Waals surface area contributed by atoms with E-state index in [4.69, 9.17) is 5.11 Å². The Labute approximate surface area is 95.4 Å². The van der Waals surface area contributed by atoms with Crippen LogP contribution in [0.15, 0.2) is 0 Å². The zero-order valence-electron chi connectivity index (χ0n) is 9.45. The Kier molecular flexibility index (Phi) is 3.46. The van der Waals surface area contributed by atoms with Gasteiger partial charge in [-0.3, -0.25) is 9.59 Å². The molecular formula is C12H19NO3. The van der Waals surface area contributed by atoms with Crippen LogP contribution in [0, 0.1) is 17.8 Å². The van der Waals surface area contributed by atoms with Crippen molar-refractivity contribution in [2.45, 2.75) is 38.5 Å². The lowest BCUT2D eigenvalue weighted by Gasteiger charge is -2.21. The predicted molar refractivity (Wildman–Crippen MR) is 58.8 cm³/mol. The molecule has 2 unspecified atom stereocenters. The van der Waals surface area contributed by atoms with Gasteiger partial charge in [0.25, 0.3) is 0 Å². The van der Waals surface area contributed by atoms with Crippen LogP contribution in [-0.4, -0.2) is 23.5 Å². The summed E-state index contributed by atoms with van der Waals surface area (Å²) in [5.41, 5.74) is 0. The summed E-state index contributed by atoms with van der Waals surface area (Å²) in [6.07, 6.45) is 7.41. The molecule has 1 amide bonds. The quantitative estimate of drug-likeness (QED) is 0.760. The minimum atomic E-state index is -0.969. The van der Waals surface area contributed by atoms with Crippen LogP contribution in [0.4, 0.5) is 0 Å². The lowest BCUT2D eigenvalue weighted by Crippen LogP contribution is -2.31. The van der Waals surface area contributed by atoms with Crippen LogP contribution in [-0.2, 0) is 9.59 Å². The van der Waals surface area contributed by atoms with Crippen molar-refractivity contribution >= 4 is 11.9 Å². The average Bonchev–Trinajstić information content (AvgIpc) is 3.07. The maximum atomic E-state index is 11.6. The summed E-state index contributed by atoms with van der Waals surface area (Å²) < 4.78 is 0. The summed E-state index contributed by atoms with van der Waals surface area (Å²) in [5.74, 6) is 0.326. The molecule has 0 aliphatic heterocycles. The Morgan fingerprint density at radius 1 is 1.19 bits per heavy atom. The van der Waals surface area contributed by atoms with E-state index in [1.54, 1.807) is 0 Å². The molecule has 2 saturated carbocycles. The van der Waals surface area contributed by atoms with E-state index in [-0.39, 0.29) is 18.4 Å². The molecule has 0 radical (unpaired) electrons. The number of amides is 1. The Balaban J connectivity index is 1.72. The standard InChI is InChI=1S/C12H19NO3/c14-11(15)7-13-12(16)10-6-9(10)8-4-2-1-3-5-8/h8-10H,1-7H2,(H,13,16)(H,14,15). The van der Waals surface area contributed by atoms with E-state index in [1.807, 2.05) is 0 Å². The summed E-state index contributed by atoms with van der Waals surface area (Å²) in [6.45, 7) is -0.243. The molecule has 0 saturated heterocycles. The smallest absolute Gasteiger partial charge is 0.322 e. The average molecular weight is 225 g/mol. The van der Waals surface area contributed by atoms with Gasteiger partial charge in [-0.15, -0.1) is 0 Å². The Bertz CT molecular complexity index is 284. The lowest BCUT2D eigenvalue weighted by molar-refractivity contribution is -0.138. The normalized spacial score (nSPS) is 29.8. The summed E-state index contributed by atoms with van der Waals surface area (Å²) >= 11 is 0. The van der Waals surface area contributed by atoms with Gasteiger partial charge in [0.1, 0.15) is 6.54 Å². The van der Waals surface area contributed by atoms with Gasteiger partial charge in [-0.05, 0) is 18.3 Å². The Morgan fingerprint density at radius 3 is 2.50 bits per heavy atom. The third-order valence-corrected chi connectivity index (χ3v) is 3.85. The van der Waals surface area contributed by atoms with Gasteiger partial charge in [-0.25, -0.2) is 0 Å².